The first kappa shape index (κ1) is 13.7. The molecule has 1 atom stereocenters. The summed E-state index contributed by atoms with van der Waals surface area (Å²) < 4.78 is 16.0. The fourth-order valence-electron chi connectivity index (χ4n) is 0.841. The van der Waals surface area contributed by atoms with E-state index in [1.807, 2.05) is 30.3 Å². The first-order valence-electron chi connectivity index (χ1n) is 4.14. The second kappa shape index (κ2) is 6.20. The summed E-state index contributed by atoms with van der Waals surface area (Å²) in [5.41, 5.74) is 0.908. The molecule has 0 heterocycles. The molecule has 0 saturated heterocycles. The molecule has 1 N–H and O–H groups in total. The molecule has 14 heavy (non-hydrogen) atoms. The summed E-state index contributed by atoms with van der Waals surface area (Å²) in [4.78, 5) is 9.12. The van der Waals surface area contributed by atoms with Gasteiger partial charge in [-0.2, -0.15) is 0 Å². The Balaban J connectivity index is 0.00000169. The number of hydrogen-bond acceptors (Lipinski definition) is 2. The maximum atomic E-state index is 11.1. The van der Waals surface area contributed by atoms with Crippen molar-refractivity contribution < 1.29 is 14.0 Å². The zero-order valence-corrected chi connectivity index (χ0v) is 9.63. The minimum Gasteiger partial charge on any atom is -0.324 e. The van der Waals surface area contributed by atoms with E-state index in [4.69, 9.17) is 9.42 Å². The summed E-state index contributed by atoms with van der Waals surface area (Å²) in [6.45, 7) is 1.83. The Kier molecular flexibility index (Phi) is 6.05. The molecule has 0 fully saturated rings. The Morgan fingerprint density at radius 1 is 1.36 bits per heavy atom. The Morgan fingerprint density at radius 3 is 2.43 bits per heavy atom. The third kappa shape index (κ3) is 4.77. The van der Waals surface area contributed by atoms with Gasteiger partial charge in [-0.25, -0.2) is 0 Å². The van der Waals surface area contributed by atoms with Gasteiger partial charge in [0.1, 0.15) is 0 Å². The highest BCUT2D eigenvalue weighted by molar-refractivity contribution is 7.52. The molecule has 1 rings (SSSR count). The second-order valence-corrected chi connectivity index (χ2v) is 4.88. The molecule has 1 aromatic rings. The van der Waals surface area contributed by atoms with Crippen LogP contribution in [0.15, 0.2) is 30.3 Å². The zero-order valence-electron chi connectivity index (χ0n) is 7.92. The van der Waals surface area contributed by atoms with E-state index in [0.29, 0.717) is 0 Å². The molecule has 1 unspecified atom stereocenters. The van der Waals surface area contributed by atoms with E-state index in [2.05, 4.69) is 0 Å². The summed E-state index contributed by atoms with van der Waals surface area (Å²) in [6, 6.07) is 9.34. The van der Waals surface area contributed by atoms with Crippen molar-refractivity contribution in [2.75, 3.05) is 6.16 Å². The van der Waals surface area contributed by atoms with Crippen LogP contribution < -0.4 is 0 Å². The van der Waals surface area contributed by atoms with Crippen LogP contribution in [0.5, 0.6) is 0 Å². The third-order valence-electron chi connectivity index (χ3n) is 1.68. The Bertz CT molecular complexity index is 302. The molecule has 0 aliphatic heterocycles. The molecule has 0 aromatic heterocycles. The summed E-state index contributed by atoms with van der Waals surface area (Å²) in [5, 5.41) is 0. The van der Waals surface area contributed by atoms with Gasteiger partial charge >= 0.3 is 7.60 Å². The predicted molar refractivity (Wildman–Crippen MR) is 58.8 cm³/mol. The molecule has 0 amide bonds. The molecular weight excluding hydrogens is 223 g/mol. The van der Waals surface area contributed by atoms with Crippen LogP contribution in [0.2, 0.25) is 0 Å². The smallest absolute Gasteiger partial charge is 0.324 e. The lowest BCUT2D eigenvalue weighted by Gasteiger charge is -2.09. The monoisotopic (exact) mass is 236 g/mol. The van der Waals surface area contributed by atoms with Gasteiger partial charge < -0.3 is 9.42 Å². The lowest BCUT2D eigenvalue weighted by atomic mass is 10.2. The molecule has 0 radical (unpaired) electrons. The van der Waals surface area contributed by atoms with Crippen molar-refractivity contribution >= 4 is 20.0 Å². The minimum atomic E-state index is -3.34. The highest BCUT2D eigenvalue weighted by atomic mass is 35.5. The number of hydrogen-bond donors (Lipinski definition) is 1. The molecule has 0 spiro atoms. The van der Waals surface area contributed by atoms with Crippen LogP contribution in [0.4, 0.5) is 0 Å². The van der Waals surface area contributed by atoms with Gasteiger partial charge in [0.25, 0.3) is 0 Å². The molecule has 0 saturated carbocycles. The van der Waals surface area contributed by atoms with Crippen molar-refractivity contribution in [2.45, 2.75) is 13.5 Å². The first-order valence-corrected chi connectivity index (χ1v) is 5.90. The van der Waals surface area contributed by atoms with Gasteiger partial charge in [0.2, 0.25) is 0 Å². The van der Waals surface area contributed by atoms with E-state index in [1.54, 1.807) is 6.92 Å². The van der Waals surface area contributed by atoms with Gasteiger partial charge in [0.15, 0.2) is 0 Å². The van der Waals surface area contributed by atoms with E-state index >= 15 is 0 Å². The third-order valence-corrected chi connectivity index (χ3v) is 3.01. The average Bonchev–Trinajstić information content (AvgIpc) is 2.17. The van der Waals surface area contributed by atoms with E-state index in [-0.39, 0.29) is 25.2 Å². The fourth-order valence-corrected chi connectivity index (χ4v) is 1.37. The topological polar surface area (TPSA) is 46.5 Å². The van der Waals surface area contributed by atoms with Gasteiger partial charge in [-0.3, -0.25) is 4.57 Å². The van der Waals surface area contributed by atoms with Gasteiger partial charge in [0.05, 0.1) is 6.61 Å². The molecule has 5 heteroatoms. The second-order valence-electron chi connectivity index (χ2n) is 2.71. The molecular formula is C9H14ClO3P. The van der Waals surface area contributed by atoms with Gasteiger partial charge in [0, 0.05) is 6.16 Å². The van der Waals surface area contributed by atoms with Crippen molar-refractivity contribution in [3.05, 3.63) is 35.9 Å². The summed E-state index contributed by atoms with van der Waals surface area (Å²) in [6.07, 6.45) is 0.153. The van der Waals surface area contributed by atoms with Crippen molar-refractivity contribution in [3.8, 4) is 0 Å². The lowest BCUT2D eigenvalue weighted by Crippen LogP contribution is -1.92. The van der Waals surface area contributed by atoms with Crippen LogP contribution in [-0.2, 0) is 15.7 Å². The maximum Gasteiger partial charge on any atom is 0.328 e. The van der Waals surface area contributed by atoms with Crippen LogP contribution in [0.25, 0.3) is 0 Å². The van der Waals surface area contributed by atoms with Crippen LogP contribution in [0, 0.1) is 0 Å². The van der Waals surface area contributed by atoms with Crippen LogP contribution in [-0.4, -0.2) is 11.1 Å². The standard InChI is InChI=1S/C9H13O3P.ClH/c1-2-13(10,11)12-8-9-6-4-3-5-7-9;/h3-7H,2,8H2,1H3,(H,10,11);1H. The molecule has 0 aliphatic rings. The highest BCUT2D eigenvalue weighted by Crippen LogP contribution is 2.41. The quantitative estimate of drug-likeness (QED) is 0.818. The molecule has 1 aromatic carbocycles. The molecule has 80 valence electrons. The van der Waals surface area contributed by atoms with Crippen LogP contribution in [0.3, 0.4) is 0 Å². The Hall–Kier alpha value is -0.340. The normalized spacial score (nSPS) is 14.1. The first-order chi connectivity index (χ1) is 6.14. The number of benzene rings is 1. The lowest BCUT2D eigenvalue weighted by molar-refractivity contribution is 0.251. The Labute approximate surface area is 90.1 Å². The molecule has 3 nitrogen and oxygen atoms in total. The Morgan fingerprint density at radius 2 is 1.93 bits per heavy atom. The van der Waals surface area contributed by atoms with E-state index in [1.165, 1.54) is 0 Å². The van der Waals surface area contributed by atoms with E-state index in [0.717, 1.165) is 5.56 Å². The summed E-state index contributed by atoms with van der Waals surface area (Å²) >= 11 is 0. The molecule has 0 aliphatic carbocycles. The average molecular weight is 237 g/mol. The van der Waals surface area contributed by atoms with Crippen molar-refractivity contribution in [3.63, 3.8) is 0 Å². The maximum absolute atomic E-state index is 11.1. The van der Waals surface area contributed by atoms with E-state index in [9.17, 15) is 4.57 Å². The van der Waals surface area contributed by atoms with E-state index < -0.39 is 7.60 Å². The van der Waals surface area contributed by atoms with Crippen molar-refractivity contribution in [1.29, 1.82) is 0 Å². The minimum absolute atomic E-state index is 0. The largest absolute Gasteiger partial charge is 0.328 e. The SMILES string of the molecule is CCP(=O)(O)OCc1ccccc1.Cl. The summed E-state index contributed by atoms with van der Waals surface area (Å²) in [5.74, 6) is 0. The van der Waals surface area contributed by atoms with Gasteiger partial charge in [-0.15, -0.1) is 12.4 Å². The zero-order chi connectivity index (χ0) is 9.73. The van der Waals surface area contributed by atoms with Crippen molar-refractivity contribution in [1.82, 2.24) is 0 Å². The van der Waals surface area contributed by atoms with Crippen LogP contribution >= 0.6 is 20.0 Å². The number of rotatable bonds is 4. The van der Waals surface area contributed by atoms with Crippen LogP contribution in [0.1, 0.15) is 12.5 Å². The summed E-state index contributed by atoms with van der Waals surface area (Å²) in [7, 11) is -3.34. The van der Waals surface area contributed by atoms with Gasteiger partial charge in [-0.1, -0.05) is 37.3 Å². The predicted octanol–water partition coefficient (Wildman–Crippen LogP) is 2.83. The fraction of sp³-hybridized carbons (Fsp3) is 0.333. The number of halogens is 1. The highest BCUT2D eigenvalue weighted by Gasteiger charge is 2.14. The molecule has 0 bridgehead atoms. The van der Waals surface area contributed by atoms with Crippen molar-refractivity contribution in [2.24, 2.45) is 0 Å². The van der Waals surface area contributed by atoms with Gasteiger partial charge in [-0.05, 0) is 5.56 Å².